The Morgan fingerprint density at radius 2 is 1.63 bits per heavy atom. The number of carbonyl (C=O) groups excluding carboxylic acids is 1. The molecule has 0 aliphatic heterocycles. The number of ether oxygens (including phenoxy) is 2. The molecule has 1 aromatic heterocycles. The van der Waals surface area contributed by atoms with Gasteiger partial charge in [0, 0.05) is 64.6 Å². The van der Waals surface area contributed by atoms with E-state index in [0.29, 0.717) is 46.7 Å². The first-order valence-electron chi connectivity index (χ1n) is 13.7. The van der Waals surface area contributed by atoms with Gasteiger partial charge in [0.15, 0.2) is 0 Å². The molecule has 0 saturated heterocycles. The van der Waals surface area contributed by atoms with Gasteiger partial charge in [-0.1, -0.05) is 11.2 Å². The smallest absolute Gasteiger partial charge is 0.332 e. The maximum atomic E-state index is 13.0. The van der Waals surface area contributed by atoms with Crippen LogP contribution in [-0.4, -0.2) is 54.8 Å². The fraction of sp³-hybridized carbons (Fsp3) is 0.333. The lowest BCUT2D eigenvalue weighted by Gasteiger charge is -2.17. The largest absolute Gasteiger partial charge is 0.497 e. The summed E-state index contributed by atoms with van der Waals surface area (Å²) in [6.45, 7) is 5.79. The molecule has 0 unspecified atom stereocenters. The van der Waals surface area contributed by atoms with E-state index >= 15 is 0 Å². The number of nitro benzene ring substituents is 1. The van der Waals surface area contributed by atoms with Gasteiger partial charge in [0.05, 0.1) is 38.5 Å². The molecular formula is C30H34N3O9P. The third kappa shape index (κ3) is 7.05. The van der Waals surface area contributed by atoms with Crippen LogP contribution in [0, 0.1) is 10.1 Å². The molecule has 12 nitrogen and oxygen atoms in total. The zero-order chi connectivity index (χ0) is 31.1. The molecular weight excluding hydrogens is 577 g/mol. The number of fused-ring (bicyclic) bond motifs is 3. The number of benzene rings is 3. The van der Waals surface area contributed by atoms with Gasteiger partial charge in [-0.25, -0.2) is 4.79 Å². The van der Waals surface area contributed by atoms with E-state index in [2.05, 4.69) is 5.16 Å². The number of non-ortho nitro benzene ring substituents is 1. The summed E-state index contributed by atoms with van der Waals surface area (Å²) in [6.07, 6.45) is 0.703. The first-order chi connectivity index (χ1) is 20.6. The first-order valence-corrected chi connectivity index (χ1v) is 15.4. The van der Waals surface area contributed by atoms with Gasteiger partial charge in [-0.2, -0.15) is 0 Å². The number of oxime groups is 1. The second-order valence-electron chi connectivity index (χ2n) is 9.45. The average molecular weight is 612 g/mol. The second-order valence-corrected chi connectivity index (χ2v) is 11.6. The fourth-order valence-corrected chi connectivity index (χ4v) is 6.59. The van der Waals surface area contributed by atoms with Crippen molar-refractivity contribution in [2.75, 3.05) is 33.6 Å². The van der Waals surface area contributed by atoms with E-state index in [4.69, 9.17) is 23.4 Å². The Morgan fingerprint density at radius 1 is 0.953 bits per heavy atom. The van der Waals surface area contributed by atoms with Crippen LogP contribution in [0.25, 0.3) is 21.8 Å². The van der Waals surface area contributed by atoms with Gasteiger partial charge in [0.2, 0.25) is 0 Å². The first kappa shape index (κ1) is 31.7. The molecule has 1 heterocycles. The second kappa shape index (κ2) is 13.8. The summed E-state index contributed by atoms with van der Waals surface area (Å²) in [7, 11) is -0.198. The predicted octanol–water partition coefficient (Wildman–Crippen LogP) is 6.69. The van der Waals surface area contributed by atoms with Crippen molar-refractivity contribution in [2.45, 2.75) is 33.7 Å². The highest BCUT2D eigenvalue weighted by Crippen LogP contribution is 2.48. The normalized spacial score (nSPS) is 12.1. The molecule has 43 heavy (non-hydrogen) atoms. The molecule has 0 bridgehead atoms. The molecule has 3 aromatic carbocycles. The van der Waals surface area contributed by atoms with Crippen molar-refractivity contribution >= 4 is 46.8 Å². The molecule has 0 atom stereocenters. The van der Waals surface area contributed by atoms with Crippen LogP contribution in [0.15, 0.2) is 59.8 Å². The number of carbonyl (C=O) groups is 1. The van der Waals surface area contributed by atoms with E-state index in [1.807, 2.05) is 22.8 Å². The van der Waals surface area contributed by atoms with Crippen molar-refractivity contribution in [3.8, 4) is 11.5 Å². The van der Waals surface area contributed by atoms with E-state index in [1.54, 1.807) is 38.1 Å². The topological polar surface area (TPSA) is 141 Å². The van der Waals surface area contributed by atoms with E-state index < -0.39 is 18.5 Å². The van der Waals surface area contributed by atoms with Crippen LogP contribution in [0.4, 0.5) is 5.69 Å². The van der Waals surface area contributed by atoms with Crippen molar-refractivity contribution in [3.05, 3.63) is 75.8 Å². The lowest BCUT2D eigenvalue weighted by molar-refractivity contribution is -0.384. The zero-order valence-corrected chi connectivity index (χ0v) is 25.6. The molecule has 0 spiro atoms. The predicted molar refractivity (Wildman–Crippen MR) is 163 cm³/mol. The van der Waals surface area contributed by atoms with Gasteiger partial charge >= 0.3 is 13.6 Å². The molecule has 0 radical (unpaired) electrons. The molecule has 4 rings (SSSR count). The van der Waals surface area contributed by atoms with Gasteiger partial charge < -0.3 is 27.9 Å². The third-order valence-electron chi connectivity index (χ3n) is 6.73. The Bertz CT molecular complexity index is 1720. The van der Waals surface area contributed by atoms with Crippen molar-refractivity contribution in [1.82, 2.24) is 4.57 Å². The highest BCUT2D eigenvalue weighted by Gasteiger charge is 2.24. The number of aryl methyl sites for hydroxylation is 1. The average Bonchev–Trinajstić information content (AvgIpc) is 3.29. The van der Waals surface area contributed by atoms with Gasteiger partial charge in [-0.05, 0) is 50.6 Å². The Labute approximate surface area is 248 Å². The molecule has 4 aromatic rings. The van der Waals surface area contributed by atoms with Crippen LogP contribution in [0.5, 0.6) is 11.5 Å². The molecule has 0 fully saturated rings. The van der Waals surface area contributed by atoms with Crippen molar-refractivity contribution < 1.29 is 37.6 Å². The number of nitrogens with zero attached hydrogens (tertiary/aromatic N) is 3. The van der Waals surface area contributed by atoms with Crippen LogP contribution in [0.3, 0.4) is 0 Å². The number of rotatable bonds is 14. The number of hydrogen-bond acceptors (Lipinski definition) is 10. The number of nitro groups is 1. The number of aromatic nitrogens is 1. The minimum atomic E-state index is -3.24. The molecule has 0 N–H and O–H groups in total. The quantitative estimate of drug-likeness (QED) is 0.0501. The lowest BCUT2D eigenvalue weighted by atomic mass is 9.99. The minimum absolute atomic E-state index is 0.0558. The molecule has 0 aliphatic rings. The monoisotopic (exact) mass is 611 g/mol. The highest BCUT2D eigenvalue weighted by molar-refractivity contribution is 7.53. The third-order valence-corrected chi connectivity index (χ3v) is 8.89. The van der Waals surface area contributed by atoms with Crippen LogP contribution < -0.4 is 9.47 Å². The lowest BCUT2D eigenvalue weighted by Crippen LogP contribution is -2.08. The van der Waals surface area contributed by atoms with E-state index in [1.165, 1.54) is 33.3 Å². The summed E-state index contributed by atoms with van der Waals surface area (Å²) in [6, 6.07) is 15.4. The van der Waals surface area contributed by atoms with E-state index in [9.17, 15) is 19.5 Å². The fourth-order valence-electron chi connectivity index (χ4n) is 4.94. The summed E-state index contributed by atoms with van der Waals surface area (Å²) in [5.74, 6) is 0.405. The molecule has 13 heteroatoms. The standard InChI is InChI=1S/C30H34N3O9P/c1-6-40-43(37,41-7-2)16-8-15-32-27-13-9-21(17-25(27)26-18-22(33(35)36)10-14-28(26)32)30(31-42-20(3)34)24-12-11-23(38-4)19-29(24)39-5/h9-14,17-19H,6-8,15-16H2,1-5H3. The summed E-state index contributed by atoms with van der Waals surface area (Å²) in [5, 5.41) is 17.2. The van der Waals surface area contributed by atoms with Crippen molar-refractivity contribution in [1.29, 1.82) is 0 Å². The summed E-state index contributed by atoms with van der Waals surface area (Å²) in [5.41, 5.74) is 2.95. The van der Waals surface area contributed by atoms with Crippen molar-refractivity contribution in [2.24, 2.45) is 5.16 Å². The molecule has 0 amide bonds. The van der Waals surface area contributed by atoms with Gasteiger partial charge in [-0.3, -0.25) is 14.7 Å². The number of hydrogen-bond donors (Lipinski definition) is 0. The van der Waals surface area contributed by atoms with Crippen molar-refractivity contribution in [3.63, 3.8) is 0 Å². The maximum Gasteiger partial charge on any atom is 0.332 e. The van der Waals surface area contributed by atoms with Gasteiger partial charge in [0.25, 0.3) is 5.69 Å². The Hall–Kier alpha value is -4.25. The summed E-state index contributed by atoms with van der Waals surface area (Å²) >= 11 is 0. The van der Waals surface area contributed by atoms with Gasteiger partial charge in [0.1, 0.15) is 17.2 Å². The Balaban J connectivity index is 1.86. The van der Waals surface area contributed by atoms with Crippen LogP contribution in [0.2, 0.25) is 0 Å². The molecule has 228 valence electrons. The SMILES string of the molecule is CCOP(=O)(CCCn1c2ccc(C(=NOC(C)=O)c3ccc(OC)cc3OC)cc2c2cc([N+](=O)[O-])ccc21)OCC. The Morgan fingerprint density at radius 3 is 2.23 bits per heavy atom. The van der Waals surface area contributed by atoms with Crippen LogP contribution in [0.1, 0.15) is 38.3 Å². The van der Waals surface area contributed by atoms with Crippen LogP contribution in [-0.2, 0) is 29.8 Å². The Kier molecular flexibility index (Phi) is 10.2. The number of methoxy groups -OCH3 is 2. The highest BCUT2D eigenvalue weighted by atomic mass is 31.2. The molecule has 0 aliphatic carbocycles. The minimum Gasteiger partial charge on any atom is -0.497 e. The van der Waals surface area contributed by atoms with E-state index in [-0.39, 0.29) is 25.1 Å². The molecule has 0 saturated carbocycles. The van der Waals surface area contributed by atoms with Crippen LogP contribution >= 0.6 is 7.60 Å². The summed E-state index contributed by atoms with van der Waals surface area (Å²) < 4.78 is 36.9. The van der Waals surface area contributed by atoms with E-state index in [0.717, 1.165) is 16.4 Å². The zero-order valence-electron chi connectivity index (χ0n) is 24.7. The maximum absolute atomic E-state index is 13.0. The summed E-state index contributed by atoms with van der Waals surface area (Å²) in [4.78, 5) is 28.0. The van der Waals surface area contributed by atoms with Gasteiger partial charge in [-0.15, -0.1) is 0 Å².